The molecule has 0 aromatic heterocycles. The Bertz CT molecular complexity index is 880. The molecule has 1 aliphatic heterocycles. The number of rotatable bonds is 3. The molecule has 1 aliphatic carbocycles. The summed E-state index contributed by atoms with van der Waals surface area (Å²) in [5.74, 6) is -0.866. The number of nitro benzene ring substituents is 1. The Kier molecular flexibility index (Phi) is 4.03. The molecule has 2 amide bonds. The van der Waals surface area contributed by atoms with Gasteiger partial charge in [0, 0.05) is 12.1 Å². The van der Waals surface area contributed by atoms with E-state index in [-0.39, 0.29) is 35.3 Å². The van der Waals surface area contributed by atoms with Gasteiger partial charge in [0.15, 0.2) is 0 Å². The van der Waals surface area contributed by atoms with Crippen molar-refractivity contribution in [2.75, 3.05) is 4.90 Å². The summed E-state index contributed by atoms with van der Waals surface area (Å²) in [4.78, 5) is 37.4. The molecule has 0 bridgehead atoms. The first kappa shape index (κ1) is 16.4. The summed E-state index contributed by atoms with van der Waals surface area (Å²) in [6.45, 7) is 0. The van der Waals surface area contributed by atoms with Crippen LogP contribution in [0.15, 0.2) is 54.6 Å². The Balaban J connectivity index is 1.61. The molecule has 2 aromatic rings. The van der Waals surface area contributed by atoms with Gasteiger partial charge in [-0.2, -0.15) is 0 Å². The normalized spacial score (nSPS) is 25.2. The Morgan fingerprint density at radius 3 is 2.38 bits per heavy atom. The lowest BCUT2D eigenvalue weighted by Crippen LogP contribution is -2.30. The van der Waals surface area contributed by atoms with E-state index in [2.05, 4.69) is 12.1 Å². The van der Waals surface area contributed by atoms with E-state index in [1.54, 1.807) is 6.07 Å². The number of benzene rings is 2. The van der Waals surface area contributed by atoms with E-state index in [0.717, 1.165) is 11.3 Å². The van der Waals surface area contributed by atoms with Gasteiger partial charge in [-0.05, 0) is 36.8 Å². The summed E-state index contributed by atoms with van der Waals surface area (Å²) in [6.07, 6.45) is 2.18. The fraction of sp³-hybridized carbons (Fsp3) is 0.300. The molecule has 26 heavy (non-hydrogen) atoms. The first-order chi connectivity index (χ1) is 12.6. The van der Waals surface area contributed by atoms with Gasteiger partial charge in [0.05, 0.1) is 22.4 Å². The number of carbonyl (C=O) groups is 2. The van der Waals surface area contributed by atoms with Crippen LogP contribution < -0.4 is 4.90 Å². The van der Waals surface area contributed by atoms with Gasteiger partial charge in [-0.15, -0.1) is 0 Å². The zero-order valence-electron chi connectivity index (χ0n) is 14.1. The van der Waals surface area contributed by atoms with Gasteiger partial charge < -0.3 is 0 Å². The average molecular weight is 350 g/mol. The monoisotopic (exact) mass is 350 g/mol. The summed E-state index contributed by atoms with van der Waals surface area (Å²) in [5.41, 5.74) is 1.36. The molecular weight excluding hydrogens is 332 g/mol. The lowest BCUT2D eigenvalue weighted by Gasteiger charge is -2.28. The number of imide groups is 1. The van der Waals surface area contributed by atoms with Gasteiger partial charge in [-0.3, -0.25) is 19.7 Å². The molecule has 6 heteroatoms. The van der Waals surface area contributed by atoms with Gasteiger partial charge in [0.1, 0.15) is 0 Å². The van der Waals surface area contributed by atoms with Crippen LogP contribution in [0.2, 0.25) is 0 Å². The number of amides is 2. The van der Waals surface area contributed by atoms with Crippen LogP contribution in [0.5, 0.6) is 0 Å². The summed E-state index contributed by atoms with van der Waals surface area (Å²) in [7, 11) is 0. The maximum atomic E-state index is 12.9. The average Bonchev–Trinajstić information content (AvgIpc) is 2.92. The minimum atomic E-state index is -0.521. The standard InChI is InChI=1S/C20H18N2O4/c23-19-17-10-9-14(13-5-2-1-3-6-13)11-18(17)20(24)21(19)15-7-4-8-16(12-15)22(25)26/h1-8,12,14,17-18H,9-11H2/t14-,17+,18-/m1/s1. The van der Waals surface area contributed by atoms with Gasteiger partial charge in [-0.1, -0.05) is 36.4 Å². The van der Waals surface area contributed by atoms with Crippen molar-refractivity contribution in [3.8, 4) is 0 Å². The number of hydrogen-bond acceptors (Lipinski definition) is 4. The van der Waals surface area contributed by atoms with Crippen LogP contribution in [0.4, 0.5) is 11.4 Å². The summed E-state index contributed by atoms with van der Waals surface area (Å²) < 4.78 is 0. The Morgan fingerprint density at radius 2 is 1.65 bits per heavy atom. The van der Waals surface area contributed by atoms with E-state index in [1.807, 2.05) is 18.2 Å². The molecule has 6 nitrogen and oxygen atoms in total. The van der Waals surface area contributed by atoms with Gasteiger partial charge >= 0.3 is 0 Å². The van der Waals surface area contributed by atoms with Crippen molar-refractivity contribution in [3.63, 3.8) is 0 Å². The fourth-order valence-electron chi connectivity index (χ4n) is 4.21. The van der Waals surface area contributed by atoms with Crippen molar-refractivity contribution in [2.45, 2.75) is 25.2 Å². The molecule has 2 aromatic carbocycles. The van der Waals surface area contributed by atoms with Crippen LogP contribution in [-0.2, 0) is 9.59 Å². The molecule has 0 unspecified atom stereocenters. The van der Waals surface area contributed by atoms with Crippen molar-refractivity contribution in [1.82, 2.24) is 0 Å². The van der Waals surface area contributed by atoms with E-state index < -0.39 is 4.92 Å². The molecule has 1 saturated heterocycles. The summed E-state index contributed by atoms with van der Waals surface area (Å²) in [6, 6.07) is 15.8. The van der Waals surface area contributed by atoms with Crippen LogP contribution in [0, 0.1) is 22.0 Å². The Labute approximate surface area is 150 Å². The van der Waals surface area contributed by atoms with Crippen LogP contribution in [0.1, 0.15) is 30.7 Å². The van der Waals surface area contributed by atoms with Crippen molar-refractivity contribution >= 4 is 23.2 Å². The van der Waals surface area contributed by atoms with Crippen LogP contribution in [0.3, 0.4) is 0 Å². The van der Waals surface area contributed by atoms with E-state index >= 15 is 0 Å². The number of carbonyl (C=O) groups excluding carboxylic acids is 2. The molecule has 1 heterocycles. The topological polar surface area (TPSA) is 80.5 Å². The number of non-ortho nitro benzene ring substituents is 1. The van der Waals surface area contributed by atoms with Gasteiger partial charge in [-0.25, -0.2) is 4.90 Å². The molecule has 0 radical (unpaired) electrons. The first-order valence-electron chi connectivity index (χ1n) is 8.73. The van der Waals surface area contributed by atoms with Gasteiger partial charge in [0.2, 0.25) is 11.8 Å². The van der Waals surface area contributed by atoms with Crippen LogP contribution >= 0.6 is 0 Å². The third kappa shape index (κ3) is 2.67. The third-order valence-electron chi connectivity index (χ3n) is 5.50. The highest BCUT2D eigenvalue weighted by molar-refractivity contribution is 6.22. The number of nitro groups is 1. The molecule has 2 fully saturated rings. The second kappa shape index (κ2) is 6.37. The van der Waals surface area contributed by atoms with Crippen molar-refractivity contribution in [1.29, 1.82) is 0 Å². The molecule has 1 saturated carbocycles. The predicted molar refractivity (Wildman–Crippen MR) is 95.6 cm³/mol. The maximum Gasteiger partial charge on any atom is 0.271 e. The maximum absolute atomic E-state index is 12.9. The van der Waals surface area contributed by atoms with Crippen LogP contribution in [-0.4, -0.2) is 16.7 Å². The lowest BCUT2D eigenvalue weighted by atomic mass is 9.73. The number of nitrogens with zero attached hydrogens (tertiary/aromatic N) is 2. The molecule has 3 atom stereocenters. The highest BCUT2D eigenvalue weighted by atomic mass is 16.6. The zero-order valence-corrected chi connectivity index (χ0v) is 14.1. The smallest absolute Gasteiger partial charge is 0.271 e. The Morgan fingerprint density at radius 1 is 0.923 bits per heavy atom. The minimum Gasteiger partial charge on any atom is -0.274 e. The molecule has 4 rings (SSSR count). The number of anilines is 1. The highest BCUT2D eigenvalue weighted by Gasteiger charge is 2.50. The molecule has 0 spiro atoms. The van der Waals surface area contributed by atoms with E-state index in [1.165, 1.54) is 23.8 Å². The predicted octanol–water partition coefficient (Wildman–Crippen LogP) is 3.67. The van der Waals surface area contributed by atoms with Crippen molar-refractivity contribution < 1.29 is 14.5 Å². The lowest BCUT2D eigenvalue weighted by molar-refractivity contribution is -0.384. The Hall–Kier alpha value is -3.02. The largest absolute Gasteiger partial charge is 0.274 e. The highest BCUT2D eigenvalue weighted by Crippen LogP contribution is 2.45. The van der Waals surface area contributed by atoms with Gasteiger partial charge in [0.25, 0.3) is 5.69 Å². The van der Waals surface area contributed by atoms with Crippen molar-refractivity contribution in [3.05, 3.63) is 70.3 Å². The quantitative estimate of drug-likeness (QED) is 0.480. The van der Waals surface area contributed by atoms with E-state index in [0.29, 0.717) is 18.5 Å². The summed E-state index contributed by atoms with van der Waals surface area (Å²) >= 11 is 0. The number of hydrogen-bond donors (Lipinski definition) is 0. The van der Waals surface area contributed by atoms with E-state index in [4.69, 9.17) is 0 Å². The SMILES string of the molecule is O=C1[C@H]2CC[C@@H](c3ccccc3)C[C@H]2C(=O)N1c1cccc([N+](=O)[O-])c1. The molecule has 132 valence electrons. The first-order valence-corrected chi connectivity index (χ1v) is 8.73. The molecule has 0 N–H and O–H groups in total. The van der Waals surface area contributed by atoms with Crippen molar-refractivity contribution in [2.24, 2.45) is 11.8 Å². The third-order valence-corrected chi connectivity index (χ3v) is 5.50. The van der Waals surface area contributed by atoms with E-state index in [9.17, 15) is 19.7 Å². The second-order valence-electron chi connectivity index (χ2n) is 6.92. The molecular formula is C20H18N2O4. The fourth-order valence-corrected chi connectivity index (χ4v) is 4.21. The number of fused-ring (bicyclic) bond motifs is 1. The zero-order chi connectivity index (χ0) is 18.3. The van der Waals surface area contributed by atoms with Crippen LogP contribution in [0.25, 0.3) is 0 Å². The second-order valence-corrected chi connectivity index (χ2v) is 6.92. The summed E-state index contributed by atoms with van der Waals surface area (Å²) in [5, 5.41) is 11.0. The minimum absolute atomic E-state index is 0.125. The molecule has 2 aliphatic rings.